The fraction of sp³-hybridized carbons (Fsp3) is 0.0556. The molecule has 2 heterocycles. The number of rotatable bonds is 5. The van der Waals surface area contributed by atoms with Gasteiger partial charge in [0, 0.05) is 0 Å². The van der Waals surface area contributed by atoms with Gasteiger partial charge >= 0.3 is 11.6 Å². The lowest BCUT2D eigenvalue weighted by Gasteiger charge is -2.11. The molecular weight excluding hydrogens is 350 g/mol. The second-order valence-corrected chi connectivity index (χ2v) is 5.46. The van der Waals surface area contributed by atoms with E-state index in [4.69, 9.17) is 9.47 Å². The van der Waals surface area contributed by atoms with Gasteiger partial charge in [-0.3, -0.25) is 14.7 Å². The summed E-state index contributed by atoms with van der Waals surface area (Å²) in [6.07, 6.45) is 2.69. The first-order valence-corrected chi connectivity index (χ1v) is 7.91. The highest BCUT2D eigenvalue weighted by molar-refractivity contribution is 5.78. The Hall–Kier alpha value is -4.01. The standard InChI is InChI=1S/C18H13N5O4/c1-26-14-8-4-5-9-15(14)27-18-16(23(24)25)17(19-10-20-18)22-11-21-12-6-2-3-7-13(12)22/h2-11H,1H3. The van der Waals surface area contributed by atoms with Gasteiger partial charge in [0.15, 0.2) is 11.5 Å². The van der Waals surface area contributed by atoms with Crippen LogP contribution in [0.1, 0.15) is 0 Å². The van der Waals surface area contributed by atoms with Crippen LogP contribution in [0.4, 0.5) is 5.69 Å². The Balaban J connectivity index is 1.87. The van der Waals surface area contributed by atoms with E-state index in [1.165, 1.54) is 24.3 Å². The van der Waals surface area contributed by atoms with E-state index in [0.717, 1.165) is 0 Å². The fourth-order valence-corrected chi connectivity index (χ4v) is 2.70. The van der Waals surface area contributed by atoms with Gasteiger partial charge in [0.25, 0.3) is 0 Å². The summed E-state index contributed by atoms with van der Waals surface area (Å²) < 4.78 is 12.4. The molecule has 0 N–H and O–H groups in total. The molecule has 0 aliphatic heterocycles. The Bertz CT molecular complexity index is 1140. The monoisotopic (exact) mass is 363 g/mol. The molecule has 0 atom stereocenters. The van der Waals surface area contributed by atoms with Gasteiger partial charge < -0.3 is 9.47 Å². The number of para-hydroxylation sites is 4. The zero-order valence-corrected chi connectivity index (χ0v) is 14.1. The van der Waals surface area contributed by atoms with E-state index in [-0.39, 0.29) is 17.4 Å². The van der Waals surface area contributed by atoms with E-state index in [0.29, 0.717) is 22.5 Å². The fourth-order valence-electron chi connectivity index (χ4n) is 2.70. The molecule has 27 heavy (non-hydrogen) atoms. The molecule has 2 aromatic heterocycles. The number of benzene rings is 2. The van der Waals surface area contributed by atoms with Crippen molar-refractivity contribution in [3.63, 3.8) is 0 Å². The molecule has 4 aromatic rings. The van der Waals surface area contributed by atoms with Crippen molar-refractivity contribution in [2.24, 2.45) is 0 Å². The van der Waals surface area contributed by atoms with Crippen LogP contribution in [-0.4, -0.2) is 31.6 Å². The number of ether oxygens (including phenoxy) is 2. The predicted molar refractivity (Wildman–Crippen MR) is 96.4 cm³/mol. The molecule has 2 aromatic carbocycles. The lowest BCUT2D eigenvalue weighted by Crippen LogP contribution is -2.05. The van der Waals surface area contributed by atoms with Crippen LogP contribution in [0.15, 0.2) is 61.2 Å². The maximum absolute atomic E-state index is 11.8. The lowest BCUT2D eigenvalue weighted by atomic mass is 10.3. The van der Waals surface area contributed by atoms with Crippen molar-refractivity contribution < 1.29 is 14.4 Å². The molecular formula is C18H13N5O4. The number of aromatic nitrogens is 4. The van der Waals surface area contributed by atoms with Crippen molar-refractivity contribution in [2.75, 3.05) is 7.11 Å². The first-order valence-electron chi connectivity index (χ1n) is 7.91. The molecule has 4 rings (SSSR count). The average molecular weight is 363 g/mol. The molecule has 0 spiro atoms. The van der Waals surface area contributed by atoms with E-state index in [2.05, 4.69) is 15.0 Å². The minimum atomic E-state index is -0.575. The van der Waals surface area contributed by atoms with Crippen LogP contribution in [0.3, 0.4) is 0 Å². The third-order valence-corrected chi connectivity index (χ3v) is 3.91. The third kappa shape index (κ3) is 2.91. The van der Waals surface area contributed by atoms with Gasteiger partial charge in [0.1, 0.15) is 12.7 Å². The number of nitro groups is 1. The molecule has 0 saturated carbocycles. The summed E-state index contributed by atoms with van der Waals surface area (Å²) in [5.41, 5.74) is 1.01. The van der Waals surface area contributed by atoms with Crippen LogP contribution in [-0.2, 0) is 0 Å². The second-order valence-electron chi connectivity index (χ2n) is 5.46. The van der Waals surface area contributed by atoms with Gasteiger partial charge in [-0.2, -0.15) is 4.98 Å². The molecule has 0 fully saturated rings. The summed E-state index contributed by atoms with van der Waals surface area (Å²) in [5, 5.41) is 11.8. The number of imidazole rings is 1. The van der Waals surface area contributed by atoms with Crippen LogP contribution < -0.4 is 9.47 Å². The molecule has 134 valence electrons. The van der Waals surface area contributed by atoms with Crippen molar-refractivity contribution in [2.45, 2.75) is 0 Å². The molecule has 0 bridgehead atoms. The van der Waals surface area contributed by atoms with Gasteiger partial charge in [0.2, 0.25) is 5.82 Å². The summed E-state index contributed by atoms with van der Waals surface area (Å²) in [6.45, 7) is 0. The van der Waals surface area contributed by atoms with E-state index < -0.39 is 4.92 Å². The smallest absolute Gasteiger partial charge is 0.374 e. The second kappa shape index (κ2) is 6.71. The summed E-state index contributed by atoms with van der Waals surface area (Å²) in [6, 6.07) is 14.1. The molecule has 0 saturated heterocycles. The number of hydrogen-bond donors (Lipinski definition) is 0. The molecule has 9 nitrogen and oxygen atoms in total. The molecule has 0 aliphatic carbocycles. The first kappa shape index (κ1) is 16.5. The van der Waals surface area contributed by atoms with Gasteiger partial charge in [-0.1, -0.05) is 24.3 Å². The first-order chi connectivity index (χ1) is 13.2. The van der Waals surface area contributed by atoms with E-state index in [1.54, 1.807) is 30.3 Å². The largest absolute Gasteiger partial charge is 0.493 e. The average Bonchev–Trinajstić information content (AvgIpc) is 3.12. The van der Waals surface area contributed by atoms with Crippen molar-refractivity contribution in [3.8, 4) is 23.2 Å². The number of fused-ring (bicyclic) bond motifs is 1. The Morgan fingerprint density at radius 3 is 2.52 bits per heavy atom. The van der Waals surface area contributed by atoms with E-state index in [1.807, 2.05) is 18.2 Å². The molecule has 9 heteroatoms. The minimum absolute atomic E-state index is 0.0635. The quantitative estimate of drug-likeness (QED) is 0.394. The summed E-state index contributed by atoms with van der Waals surface area (Å²) in [4.78, 5) is 23.5. The Morgan fingerprint density at radius 1 is 1.00 bits per heavy atom. The number of methoxy groups -OCH3 is 1. The zero-order valence-electron chi connectivity index (χ0n) is 14.1. The highest BCUT2D eigenvalue weighted by atomic mass is 16.6. The van der Waals surface area contributed by atoms with Crippen molar-refractivity contribution >= 4 is 16.7 Å². The normalized spacial score (nSPS) is 10.7. The summed E-state index contributed by atoms with van der Waals surface area (Å²) >= 11 is 0. The van der Waals surface area contributed by atoms with Crippen molar-refractivity contribution in [3.05, 3.63) is 71.3 Å². The molecule has 0 unspecified atom stereocenters. The third-order valence-electron chi connectivity index (χ3n) is 3.91. The maximum Gasteiger partial charge on any atom is 0.374 e. The lowest BCUT2D eigenvalue weighted by molar-refractivity contribution is -0.386. The van der Waals surface area contributed by atoms with Gasteiger partial charge in [-0.05, 0) is 24.3 Å². The molecule has 0 aliphatic rings. The van der Waals surface area contributed by atoms with E-state index >= 15 is 0 Å². The van der Waals surface area contributed by atoms with Crippen LogP contribution in [0, 0.1) is 10.1 Å². The van der Waals surface area contributed by atoms with Crippen molar-refractivity contribution in [1.82, 2.24) is 19.5 Å². The van der Waals surface area contributed by atoms with Crippen LogP contribution in [0.25, 0.3) is 16.9 Å². The van der Waals surface area contributed by atoms with Crippen LogP contribution >= 0.6 is 0 Å². The molecule has 0 radical (unpaired) electrons. The van der Waals surface area contributed by atoms with Gasteiger partial charge in [0.05, 0.1) is 23.1 Å². The SMILES string of the molecule is COc1ccccc1Oc1ncnc(-n2cnc3ccccc32)c1[N+](=O)[O-]. The zero-order chi connectivity index (χ0) is 18.8. The maximum atomic E-state index is 11.8. The van der Waals surface area contributed by atoms with Crippen LogP contribution in [0.2, 0.25) is 0 Å². The Labute approximate surface area is 153 Å². The summed E-state index contributed by atoms with van der Waals surface area (Å²) in [5.74, 6) is 0.615. The Kier molecular flexibility index (Phi) is 4.09. The highest BCUT2D eigenvalue weighted by Gasteiger charge is 2.27. The highest BCUT2D eigenvalue weighted by Crippen LogP contribution is 2.37. The Morgan fingerprint density at radius 2 is 1.74 bits per heavy atom. The van der Waals surface area contributed by atoms with Gasteiger partial charge in [-0.25, -0.2) is 9.97 Å². The van der Waals surface area contributed by atoms with Crippen LogP contribution in [0.5, 0.6) is 17.4 Å². The minimum Gasteiger partial charge on any atom is -0.493 e. The van der Waals surface area contributed by atoms with E-state index in [9.17, 15) is 10.1 Å². The van der Waals surface area contributed by atoms with Crippen molar-refractivity contribution in [1.29, 1.82) is 0 Å². The summed E-state index contributed by atoms with van der Waals surface area (Å²) in [7, 11) is 1.49. The predicted octanol–water partition coefficient (Wildman–Crippen LogP) is 3.52. The molecule has 0 amide bonds. The van der Waals surface area contributed by atoms with Gasteiger partial charge in [-0.15, -0.1) is 0 Å². The number of hydrogen-bond acceptors (Lipinski definition) is 7. The number of nitrogens with zero attached hydrogens (tertiary/aromatic N) is 5. The topological polar surface area (TPSA) is 105 Å².